The molecule has 1 fully saturated rings. The Morgan fingerprint density at radius 2 is 2.19 bits per heavy atom. The predicted octanol–water partition coefficient (Wildman–Crippen LogP) is 3.36. The van der Waals surface area contributed by atoms with Crippen molar-refractivity contribution in [3.05, 3.63) is 59.4 Å². The van der Waals surface area contributed by atoms with Gasteiger partial charge in [-0.15, -0.1) is 0 Å². The molecule has 1 aliphatic heterocycles. The minimum Gasteiger partial charge on any atom is -0.492 e. The van der Waals surface area contributed by atoms with Crippen LogP contribution in [0, 0.1) is 6.92 Å². The minimum atomic E-state index is 0.0957. The maximum atomic E-state index is 13.2. The number of aryl methyl sites for hydroxylation is 2. The Hall–Kier alpha value is -2.40. The number of benzene rings is 1. The number of carbonyl (C=O) groups excluding carboxylic acids is 1. The monoisotopic (exact) mass is 367 g/mol. The number of ether oxygens (including phenoxy) is 1. The summed E-state index contributed by atoms with van der Waals surface area (Å²) in [5.74, 6) is 0.840. The molecular weight excluding hydrogens is 338 g/mol. The average molecular weight is 367 g/mol. The van der Waals surface area contributed by atoms with Gasteiger partial charge in [-0.25, -0.2) is 0 Å². The molecule has 0 bridgehead atoms. The second-order valence-electron chi connectivity index (χ2n) is 7.13. The van der Waals surface area contributed by atoms with Crippen molar-refractivity contribution in [1.29, 1.82) is 0 Å². The number of likely N-dealkylation sites (tertiary alicyclic amines) is 1. The third kappa shape index (κ3) is 5.07. The van der Waals surface area contributed by atoms with Gasteiger partial charge in [0.1, 0.15) is 12.4 Å². The first kappa shape index (κ1) is 19.4. The topological polar surface area (TPSA) is 68.5 Å². The van der Waals surface area contributed by atoms with Gasteiger partial charge in [0.05, 0.1) is 0 Å². The second-order valence-corrected chi connectivity index (χ2v) is 7.13. The number of rotatable bonds is 7. The van der Waals surface area contributed by atoms with Gasteiger partial charge in [-0.05, 0) is 68.9 Å². The van der Waals surface area contributed by atoms with Crippen LogP contribution in [0.25, 0.3) is 0 Å². The van der Waals surface area contributed by atoms with Crippen molar-refractivity contribution in [2.75, 3.05) is 19.7 Å². The third-order valence-electron chi connectivity index (χ3n) is 5.16. The van der Waals surface area contributed by atoms with Crippen LogP contribution in [0.15, 0.2) is 42.6 Å². The molecule has 1 aromatic carbocycles. The third-order valence-corrected chi connectivity index (χ3v) is 5.16. The van der Waals surface area contributed by atoms with E-state index in [-0.39, 0.29) is 11.9 Å². The van der Waals surface area contributed by atoms with E-state index >= 15 is 0 Å². The molecule has 144 valence electrons. The molecule has 5 nitrogen and oxygen atoms in total. The highest BCUT2D eigenvalue weighted by Crippen LogP contribution is 2.26. The summed E-state index contributed by atoms with van der Waals surface area (Å²) in [6.45, 7) is 3.71. The molecule has 27 heavy (non-hydrogen) atoms. The Morgan fingerprint density at radius 3 is 2.96 bits per heavy atom. The van der Waals surface area contributed by atoms with Gasteiger partial charge in [-0.2, -0.15) is 0 Å². The smallest absolute Gasteiger partial charge is 0.254 e. The second kappa shape index (κ2) is 9.51. The van der Waals surface area contributed by atoms with Gasteiger partial charge < -0.3 is 15.4 Å². The number of carbonyl (C=O) groups is 1. The van der Waals surface area contributed by atoms with Crippen LogP contribution in [0.1, 0.15) is 47.3 Å². The van der Waals surface area contributed by atoms with Gasteiger partial charge >= 0.3 is 0 Å². The Bertz CT molecular complexity index is 748. The average Bonchev–Trinajstić information content (AvgIpc) is 2.72. The Balaban J connectivity index is 1.71. The standard InChI is InChI=1S/C22H29N3O2/c1-17-8-9-18(16-21(17)27-15-12-23)22(26)25-14-5-3-7-20(25)11-10-19-6-2-4-13-24-19/h2,4,6,8-9,13,16,20H,3,5,7,10-12,14-15,23H2,1H3/t20-/m1/s1. The van der Waals surface area contributed by atoms with Gasteiger partial charge in [-0.3, -0.25) is 9.78 Å². The Kier molecular flexibility index (Phi) is 6.82. The Labute approximate surface area is 161 Å². The van der Waals surface area contributed by atoms with Crippen LogP contribution in [-0.4, -0.2) is 41.5 Å². The number of nitrogens with two attached hydrogens (primary N) is 1. The number of amides is 1. The van der Waals surface area contributed by atoms with Crippen LogP contribution >= 0.6 is 0 Å². The Morgan fingerprint density at radius 1 is 1.30 bits per heavy atom. The largest absolute Gasteiger partial charge is 0.492 e. The van der Waals surface area contributed by atoms with Gasteiger partial charge in [0.2, 0.25) is 0 Å². The lowest BCUT2D eigenvalue weighted by atomic mass is 9.96. The summed E-state index contributed by atoms with van der Waals surface area (Å²) in [6.07, 6.45) is 6.97. The van der Waals surface area contributed by atoms with Gasteiger partial charge in [0.15, 0.2) is 0 Å². The van der Waals surface area contributed by atoms with Crippen LogP contribution in [0.3, 0.4) is 0 Å². The minimum absolute atomic E-state index is 0.0957. The zero-order valence-electron chi connectivity index (χ0n) is 16.1. The van der Waals surface area contributed by atoms with Gasteiger partial charge in [0, 0.05) is 36.6 Å². The van der Waals surface area contributed by atoms with E-state index in [0.29, 0.717) is 18.7 Å². The first-order valence-corrected chi connectivity index (χ1v) is 9.83. The lowest BCUT2D eigenvalue weighted by molar-refractivity contribution is 0.0601. The lowest BCUT2D eigenvalue weighted by Gasteiger charge is -2.36. The number of hydrogen-bond donors (Lipinski definition) is 1. The molecule has 2 N–H and O–H groups in total. The first-order valence-electron chi connectivity index (χ1n) is 9.83. The molecular formula is C22H29N3O2. The van der Waals surface area contributed by atoms with E-state index < -0.39 is 0 Å². The molecule has 3 rings (SSSR count). The number of nitrogens with zero attached hydrogens (tertiary/aromatic N) is 2. The van der Waals surface area contributed by atoms with Crippen LogP contribution in [0.5, 0.6) is 5.75 Å². The molecule has 0 radical (unpaired) electrons. The van der Waals surface area contributed by atoms with Crippen LogP contribution < -0.4 is 10.5 Å². The van der Waals surface area contributed by atoms with E-state index in [1.807, 2.05) is 48.4 Å². The van der Waals surface area contributed by atoms with Crippen molar-refractivity contribution in [3.8, 4) is 5.75 Å². The highest BCUT2D eigenvalue weighted by Gasteiger charge is 2.27. The summed E-state index contributed by atoms with van der Waals surface area (Å²) >= 11 is 0. The van der Waals surface area contributed by atoms with E-state index in [1.54, 1.807) is 0 Å². The maximum absolute atomic E-state index is 13.2. The van der Waals surface area contributed by atoms with E-state index in [1.165, 1.54) is 6.42 Å². The fraction of sp³-hybridized carbons (Fsp3) is 0.455. The van der Waals surface area contributed by atoms with Gasteiger partial charge in [-0.1, -0.05) is 12.1 Å². The van der Waals surface area contributed by atoms with E-state index in [0.717, 1.165) is 49.2 Å². The molecule has 1 saturated heterocycles. The van der Waals surface area contributed by atoms with Crippen molar-refractivity contribution in [2.24, 2.45) is 5.73 Å². The SMILES string of the molecule is Cc1ccc(C(=O)N2CCCC[C@@H]2CCc2ccccn2)cc1OCCN. The lowest BCUT2D eigenvalue weighted by Crippen LogP contribution is -2.44. The van der Waals surface area contributed by atoms with Crippen LogP contribution in [0.2, 0.25) is 0 Å². The summed E-state index contributed by atoms with van der Waals surface area (Å²) in [7, 11) is 0. The molecule has 0 unspecified atom stereocenters. The van der Waals surface area contributed by atoms with Crippen LogP contribution in [-0.2, 0) is 6.42 Å². The van der Waals surface area contributed by atoms with Crippen LogP contribution in [0.4, 0.5) is 0 Å². The molecule has 1 aromatic heterocycles. The quantitative estimate of drug-likeness (QED) is 0.815. The molecule has 1 atom stereocenters. The summed E-state index contributed by atoms with van der Waals surface area (Å²) in [5, 5.41) is 0. The first-order chi connectivity index (χ1) is 13.2. The van der Waals surface area contributed by atoms with E-state index in [2.05, 4.69) is 11.1 Å². The number of hydrogen-bond acceptors (Lipinski definition) is 4. The molecule has 2 heterocycles. The number of pyridine rings is 1. The highest BCUT2D eigenvalue weighted by atomic mass is 16.5. The summed E-state index contributed by atoms with van der Waals surface area (Å²) < 4.78 is 5.69. The molecule has 0 saturated carbocycles. The fourth-order valence-electron chi connectivity index (χ4n) is 3.65. The zero-order chi connectivity index (χ0) is 19.1. The molecule has 2 aromatic rings. The summed E-state index contributed by atoms with van der Waals surface area (Å²) in [5.41, 5.74) is 8.33. The maximum Gasteiger partial charge on any atom is 0.254 e. The summed E-state index contributed by atoms with van der Waals surface area (Å²) in [6, 6.07) is 12.0. The van der Waals surface area contributed by atoms with E-state index in [4.69, 9.17) is 10.5 Å². The highest BCUT2D eigenvalue weighted by molar-refractivity contribution is 5.95. The number of aromatic nitrogens is 1. The van der Waals surface area contributed by atoms with Crippen molar-refractivity contribution in [1.82, 2.24) is 9.88 Å². The molecule has 5 heteroatoms. The van der Waals surface area contributed by atoms with Crippen molar-refractivity contribution < 1.29 is 9.53 Å². The van der Waals surface area contributed by atoms with E-state index in [9.17, 15) is 4.79 Å². The molecule has 0 aliphatic carbocycles. The van der Waals surface area contributed by atoms with Crippen molar-refractivity contribution in [2.45, 2.75) is 45.1 Å². The van der Waals surface area contributed by atoms with Crippen molar-refractivity contribution in [3.63, 3.8) is 0 Å². The normalized spacial score (nSPS) is 17.0. The van der Waals surface area contributed by atoms with Crippen molar-refractivity contribution >= 4 is 5.91 Å². The number of piperidine rings is 1. The fourth-order valence-corrected chi connectivity index (χ4v) is 3.65. The molecule has 1 aliphatic rings. The zero-order valence-corrected chi connectivity index (χ0v) is 16.1. The van der Waals surface area contributed by atoms with Gasteiger partial charge in [0.25, 0.3) is 5.91 Å². The summed E-state index contributed by atoms with van der Waals surface area (Å²) in [4.78, 5) is 19.6. The molecule has 1 amide bonds. The predicted molar refractivity (Wildman–Crippen MR) is 107 cm³/mol. The molecule has 0 spiro atoms.